The number of likely N-dealkylation sites (tertiary alicyclic amines) is 1. The fourth-order valence-corrected chi connectivity index (χ4v) is 2.56. The van der Waals surface area contributed by atoms with Gasteiger partial charge in [-0.25, -0.2) is 9.59 Å². The number of carbonyl (C=O) groups is 2. The van der Waals surface area contributed by atoms with E-state index in [1.165, 1.54) is 4.90 Å². The van der Waals surface area contributed by atoms with Gasteiger partial charge in [-0.15, -0.1) is 0 Å². The summed E-state index contributed by atoms with van der Waals surface area (Å²) < 4.78 is 0. The van der Waals surface area contributed by atoms with Gasteiger partial charge in [-0.3, -0.25) is 0 Å². The number of urea groups is 1. The van der Waals surface area contributed by atoms with Crippen LogP contribution in [0.2, 0.25) is 0 Å². The summed E-state index contributed by atoms with van der Waals surface area (Å²) in [4.78, 5) is 26.0. The summed E-state index contributed by atoms with van der Waals surface area (Å²) in [5.74, 6) is 0.141. The zero-order valence-electron chi connectivity index (χ0n) is 10.7. The van der Waals surface area contributed by atoms with E-state index in [1.54, 1.807) is 11.9 Å². The minimum Gasteiger partial charge on any atom is -0.480 e. The van der Waals surface area contributed by atoms with Crippen LogP contribution in [0.4, 0.5) is 4.79 Å². The van der Waals surface area contributed by atoms with Crippen molar-refractivity contribution in [2.75, 3.05) is 20.1 Å². The maximum absolute atomic E-state index is 12.2. The summed E-state index contributed by atoms with van der Waals surface area (Å²) in [6.07, 6.45) is 0.514. The average Bonchev–Trinajstić information content (AvgIpc) is 2.83. The Morgan fingerprint density at radius 2 is 2.00 bits per heavy atom. The molecule has 2 amide bonds. The molecule has 1 heterocycles. The highest BCUT2D eigenvalue weighted by Gasteiger charge is 2.41. The predicted octanol–water partition coefficient (Wildman–Crippen LogP) is 0.214. The van der Waals surface area contributed by atoms with Crippen molar-refractivity contribution in [1.82, 2.24) is 9.80 Å². The molecule has 6 heteroatoms. The second kappa shape index (κ2) is 4.76. The van der Waals surface area contributed by atoms with E-state index >= 15 is 0 Å². The molecule has 0 bridgehead atoms. The van der Waals surface area contributed by atoms with Crippen LogP contribution in [-0.4, -0.2) is 64.3 Å². The van der Waals surface area contributed by atoms with E-state index in [9.17, 15) is 14.7 Å². The van der Waals surface area contributed by atoms with E-state index in [0.29, 0.717) is 18.4 Å². The SMILES string of the molecule is CC1CC1CN(C)C(=O)N1C[C@@H](O)C[C@H]1C(=O)O. The molecule has 18 heavy (non-hydrogen) atoms. The molecule has 2 fully saturated rings. The number of carbonyl (C=O) groups excluding carboxylic acids is 1. The molecule has 0 aromatic carbocycles. The van der Waals surface area contributed by atoms with E-state index in [0.717, 1.165) is 6.42 Å². The van der Waals surface area contributed by atoms with Crippen molar-refractivity contribution in [1.29, 1.82) is 0 Å². The zero-order chi connectivity index (χ0) is 13.4. The molecule has 0 aromatic rings. The summed E-state index contributed by atoms with van der Waals surface area (Å²) >= 11 is 0. The number of carboxylic acid groups (broad SMARTS) is 1. The summed E-state index contributed by atoms with van der Waals surface area (Å²) in [6.45, 7) is 2.92. The van der Waals surface area contributed by atoms with Crippen LogP contribution in [-0.2, 0) is 4.79 Å². The molecule has 6 nitrogen and oxygen atoms in total. The standard InChI is InChI=1S/C12H20N2O4/c1-7-3-8(7)5-13(2)12(18)14-6-9(15)4-10(14)11(16)17/h7-10,15H,3-6H2,1-2H3,(H,16,17)/t7?,8?,9-,10-/m0/s1. The first-order valence-corrected chi connectivity index (χ1v) is 6.32. The van der Waals surface area contributed by atoms with Gasteiger partial charge in [0.05, 0.1) is 6.10 Å². The van der Waals surface area contributed by atoms with Crippen LogP contribution >= 0.6 is 0 Å². The van der Waals surface area contributed by atoms with Crippen molar-refractivity contribution in [2.45, 2.75) is 31.9 Å². The summed E-state index contributed by atoms with van der Waals surface area (Å²) in [5.41, 5.74) is 0. The predicted molar refractivity (Wildman–Crippen MR) is 64.1 cm³/mol. The molecule has 2 unspecified atom stereocenters. The number of hydrogen-bond donors (Lipinski definition) is 2. The Morgan fingerprint density at radius 3 is 2.50 bits per heavy atom. The number of nitrogens with zero attached hydrogens (tertiary/aromatic N) is 2. The molecule has 1 aliphatic heterocycles. The van der Waals surface area contributed by atoms with Gasteiger partial charge in [0, 0.05) is 26.6 Å². The van der Waals surface area contributed by atoms with Crippen molar-refractivity contribution in [2.24, 2.45) is 11.8 Å². The molecular weight excluding hydrogens is 236 g/mol. The number of aliphatic hydroxyl groups excluding tert-OH is 1. The van der Waals surface area contributed by atoms with Gasteiger partial charge in [-0.1, -0.05) is 6.92 Å². The number of β-amino-alcohol motifs (C(OH)–C–C–N with tert-alkyl or cyclic N) is 1. The van der Waals surface area contributed by atoms with Crippen molar-refractivity contribution < 1.29 is 19.8 Å². The number of carboxylic acids is 1. The highest BCUT2D eigenvalue weighted by molar-refractivity contribution is 5.83. The second-order valence-corrected chi connectivity index (χ2v) is 5.53. The third-order valence-corrected chi connectivity index (χ3v) is 3.92. The number of hydrogen-bond acceptors (Lipinski definition) is 3. The Kier molecular flexibility index (Phi) is 3.47. The van der Waals surface area contributed by atoms with Crippen LogP contribution in [0.3, 0.4) is 0 Å². The van der Waals surface area contributed by atoms with Crippen LogP contribution in [0.25, 0.3) is 0 Å². The lowest BCUT2D eigenvalue weighted by Crippen LogP contribution is -2.47. The summed E-state index contributed by atoms with van der Waals surface area (Å²) in [7, 11) is 1.69. The molecule has 102 valence electrons. The zero-order valence-corrected chi connectivity index (χ0v) is 10.7. The van der Waals surface area contributed by atoms with Gasteiger partial charge in [0.15, 0.2) is 0 Å². The van der Waals surface area contributed by atoms with Crippen molar-refractivity contribution in [3.63, 3.8) is 0 Å². The smallest absolute Gasteiger partial charge is 0.326 e. The molecule has 1 aliphatic carbocycles. The van der Waals surface area contributed by atoms with Crippen molar-refractivity contribution >= 4 is 12.0 Å². The molecule has 2 N–H and O–H groups in total. The molecule has 2 aliphatic rings. The van der Waals surface area contributed by atoms with Gasteiger partial charge in [-0.05, 0) is 18.3 Å². The number of rotatable bonds is 3. The molecule has 1 saturated heterocycles. The minimum atomic E-state index is -1.05. The van der Waals surface area contributed by atoms with Gasteiger partial charge in [0.25, 0.3) is 0 Å². The third-order valence-electron chi connectivity index (χ3n) is 3.92. The lowest BCUT2D eigenvalue weighted by molar-refractivity contribution is -0.141. The highest BCUT2D eigenvalue weighted by atomic mass is 16.4. The normalized spacial score (nSPS) is 34.5. The fourth-order valence-electron chi connectivity index (χ4n) is 2.56. The molecule has 0 radical (unpaired) electrons. The molecule has 1 saturated carbocycles. The summed E-state index contributed by atoms with van der Waals surface area (Å²) in [6, 6.07) is -1.19. The quantitative estimate of drug-likeness (QED) is 0.756. The van der Waals surface area contributed by atoms with Crippen LogP contribution in [0.15, 0.2) is 0 Å². The molecule has 0 aromatic heterocycles. The Hall–Kier alpha value is -1.30. The second-order valence-electron chi connectivity index (χ2n) is 5.53. The molecule has 4 atom stereocenters. The molecule has 2 rings (SSSR count). The summed E-state index contributed by atoms with van der Waals surface area (Å²) in [5, 5.41) is 18.6. The Balaban J connectivity index is 1.96. The maximum atomic E-state index is 12.2. The van der Waals surface area contributed by atoms with Crippen LogP contribution in [0, 0.1) is 11.8 Å². The van der Waals surface area contributed by atoms with E-state index in [4.69, 9.17) is 5.11 Å². The Labute approximate surface area is 106 Å². The van der Waals surface area contributed by atoms with Gasteiger partial charge < -0.3 is 20.0 Å². The first kappa shape index (κ1) is 13.1. The van der Waals surface area contributed by atoms with E-state index in [2.05, 4.69) is 6.92 Å². The van der Waals surface area contributed by atoms with Crippen molar-refractivity contribution in [3.8, 4) is 0 Å². The monoisotopic (exact) mass is 256 g/mol. The first-order chi connectivity index (χ1) is 8.40. The maximum Gasteiger partial charge on any atom is 0.326 e. The lowest BCUT2D eigenvalue weighted by Gasteiger charge is -2.27. The topological polar surface area (TPSA) is 81.1 Å². The van der Waals surface area contributed by atoms with Gasteiger partial charge in [-0.2, -0.15) is 0 Å². The molecule has 0 spiro atoms. The lowest BCUT2D eigenvalue weighted by atomic mass is 10.2. The fraction of sp³-hybridized carbons (Fsp3) is 0.833. The van der Waals surface area contributed by atoms with Crippen LogP contribution in [0.1, 0.15) is 19.8 Å². The van der Waals surface area contributed by atoms with E-state index in [1.807, 2.05) is 0 Å². The van der Waals surface area contributed by atoms with Gasteiger partial charge >= 0.3 is 12.0 Å². The minimum absolute atomic E-state index is 0.111. The van der Waals surface area contributed by atoms with Crippen LogP contribution < -0.4 is 0 Å². The van der Waals surface area contributed by atoms with E-state index in [-0.39, 0.29) is 19.0 Å². The Morgan fingerprint density at radius 1 is 1.39 bits per heavy atom. The number of aliphatic carboxylic acids is 1. The molecular formula is C12H20N2O4. The first-order valence-electron chi connectivity index (χ1n) is 6.32. The highest BCUT2D eigenvalue weighted by Crippen LogP contribution is 2.38. The average molecular weight is 256 g/mol. The third kappa shape index (κ3) is 2.58. The Bertz CT molecular complexity index is 360. The van der Waals surface area contributed by atoms with Crippen LogP contribution in [0.5, 0.6) is 0 Å². The van der Waals surface area contributed by atoms with Gasteiger partial charge in [0.2, 0.25) is 0 Å². The number of aliphatic hydroxyl groups is 1. The van der Waals surface area contributed by atoms with Crippen molar-refractivity contribution in [3.05, 3.63) is 0 Å². The van der Waals surface area contributed by atoms with Gasteiger partial charge in [0.1, 0.15) is 6.04 Å². The van der Waals surface area contributed by atoms with E-state index < -0.39 is 18.1 Å². The largest absolute Gasteiger partial charge is 0.480 e. The number of amides is 2.